The third kappa shape index (κ3) is 5.32. The van der Waals surface area contributed by atoms with Crippen LogP contribution >= 0.6 is 11.8 Å². The van der Waals surface area contributed by atoms with Crippen molar-refractivity contribution in [3.05, 3.63) is 60.2 Å². The van der Waals surface area contributed by atoms with E-state index in [0.717, 1.165) is 11.3 Å². The summed E-state index contributed by atoms with van der Waals surface area (Å²) in [5.41, 5.74) is 1.63. The molecule has 0 aliphatic carbocycles. The van der Waals surface area contributed by atoms with Crippen LogP contribution in [0.1, 0.15) is 12.5 Å². The van der Waals surface area contributed by atoms with Gasteiger partial charge in [0, 0.05) is 25.5 Å². The number of nitrogens with one attached hydrogen (secondary N) is 1. The van der Waals surface area contributed by atoms with Crippen LogP contribution in [0, 0.1) is 0 Å². The van der Waals surface area contributed by atoms with Crippen molar-refractivity contribution in [2.75, 3.05) is 19.4 Å². The molecule has 0 bridgehead atoms. The Balaban J connectivity index is 1.98. The van der Waals surface area contributed by atoms with Crippen molar-refractivity contribution in [2.24, 2.45) is 0 Å². The quantitative estimate of drug-likeness (QED) is 0.803. The van der Waals surface area contributed by atoms with Crippen LogP contribution in [-0.4, -0.2) is 38.0 Å². The topological polar surface area (TPSA) is 66.5 Å². The minimum absolute atomic E-state index is 0.0757. The predicted molar refractivity (Wildman–Crippen MR) is 103 cm³/mol. The molecule has 1 atom stereocenters. The number of hydrogen-bond acceptors (Lipinski definition) is 4. The van der Waals surface area contributed by atoms with E-state index in [1.54, 1.807) is 18.2 Å². The van der Waals surface area contributed by atoms with Gasteiger partial charge in [0.2, 0.25) is 15.9 Å². The largest absolute Gasteiger partial charge is 0.325 e. The molecule has 0 saturated carbocycles. The third-order valence-corrected chi connectivity index (χ3v) is 6.61. The molecule has 2 aromatic rings. The molecule has 0 fully saturated rings. The molecule has 5 nitrogen and oxygen atoms in total. The number of nitrogens with zero attached hydrogens (tertiary/aromatic N) is 1. The second-order valence-corrected chi connectivity index (χ2v) is 9.22. The van der Waals surface area contributed by atoms with E-state index < -0.39 is 10.0 Å². The van der Waals surface area contributed by atoms with E-state index in [2.05, 4.69) is 5.32 Å². The standard InChI is InChI=1S/C18H22N2O3S2/c1-14(18(21)19-16-9-5-4-6-10-16)24-13-15-8-7-11-17(12-15)25(22,23)20(2)3/h4-12,14H,13H2,1-3H3,(H,19,21)/t14-/m0/s1. The molecule has 7 heteroatoms. The highest BCUT2D eigenvalue weighted by molar-refractivity contribution is 7.99. The van der Waals surface area contributed by atoms with E-state index in [1.807, 2.05) is 43.3 Å². The summed E-state index contributed by atoms with van der Waals surface area (Å²) in [5.74, 6) is 0.480. The van der Waals surface area contributed by atoms with Gasteiger partial charge in [-0.1, -0.05) is 30.3 Å². The molecule has 2 aromatic carbocycles. The number of hydrogen-bond donors (Lipinski definition) is 1. The van der Waals surface area contributed by atoms with Gasteiger partial charge in [-0.2, -0.15) is 0 Å². The van der Waals surface area contributed by atoms with Gasteiger partial charge in [-0.3, -0.25) is 4.79 Å². The number of amides is 1. The minimum Gasteiger partial charge on any atom is -0.325 e. The van der Waals surface area contributed by atoms with Gasteiger partial charge in [-0.05, 0) is 36.8 Å². The molecule has 0 radical (unpaired) electrons. The number of thioether (sulfide) groups is 1. The normalized spacial score (nSPS) is 12.8. The lowest BCUT2D eigenvalue weighted by atomic mass is 10.2. The molecule has 0 aliphatic rings. The third-order valence-electron chi connectivity index (χ3n) is 3.59. The molecule has 1 amide bonds. The average molecular weight is 379 g/mol. The van der Waals surface area contributed by atoms with E-state index in [1.165, 1.54) is 30.2 Å². The summed E-state index contributed by atoms with van der Waals surface area (Å²) >= 11 is 1.46. The predicted octanol–water partition coefficient (Wildman–Crippen LogP) is 3.20. The summed E-state index contributed by atoms with van der Waals surface area (Å²) in [4.78, 5) is 12.5. The first-order chi connectivity index (χ1) is 11.8. The van der Waals surface area contributed by atoms with Crippen LogP contribution in [0.3, 0.4) is 0 Å². The Morgan fingerprint density at radius 2 is 1.80 bits per heavy atom. The molecule has 25 heavy (non-hydrogen) atoms. The summed E-state index contributed by atoms with van der Waals surface area (Å²) in [6.45, 7) is 1.84. The molecule has 0 aliphatic heterocycles. The fraction of sp³-hybridized carbons (Fsp3) is 0.278. The maximum Gasteiger partial charge on any atom is 0.242 e. The number of sulfonamides is 1. The zero-order valence-corrected chi connectivity index (χ0v) is 16.1. The summed E-state index contributed by atoms with van der Waals surface area (Å²) in [6, 6.07) is 16.1. The smallest absolute Gasteiger partial charge is 0.242 e. The van der Waals surface area contributed by atoms with Crippen molar-refractivity contribution in [3.63, 3.8) is 0 Å². The molecule has 0 heterocycles. The monoisotopic (exact) mass is 378 g/mol. The molecule has 0 spiro atoms. The van der Waals surface area contributed by atoms with Crippen LogP contribution in [-0.2, 0) is 20.6 Å². The number of benzene rings is 2. The van der Waals surface area contributed by atoms with Gasteiger partial charge in [-0.15, -0.1) is 11.8 Å². The van der Waals surface area contributed by atoms with Gasteiger partial charge in [-0.25, -0.2) is 12.7 Å². The highest BCUT2D eigenvalue weighted by atomic mass is 32.2. The molecule has 1 N–H and O–H groups in total. The molecule has 0 saturated heterocycles. The Morgan fingerprint density at radius 1 is 1.12 bits per heavy atom. The van der Waals surface area contributed by atoms with E-state index in [9.17, 15) is 13.2 Å². The molecule has 0 aromatic heterocycles. The Hall–Kier alpha value is -1.83. The maximum absolute atomic E-state index is 12.2. The molecule has 2 rings (SSSR count). The zero-order chi connectivity index (χ0) is 18.4. The molecular weight excluding hydrogens is 356 g/mol. The van der Waals surface area contributed by atoms with Crippen LogP contribution < -0.4 is 5.32 Å². The van der Waals surface area contributed by atoms with Crippen molar-refractivity contribution in [1.82, 2.24) is 4.31 Å². The summed E-state index contributed by atoms with van der Waals surface area (Å²) in [5, 5.41) is 2.61. The Bertz CT molecular complexity index is 821. The zero-order valence-electron chi connectivity index (χ0n) is 14.5. The van der Waals surface area contributed by atoms with Gasteiger partial charge in [0.05, 0.1) is 10.1 Å². The number of carbonyl (C=O) groups is 1. The lowest BCUT2D eigenvalue weighted by Gasteiger charge is -2.14. The van der Waals surface area contributed by atoms with Crippen molar-refractivity contribution < 1.29 is 13.2 Å². The van der Waals surface area contributed by atoms with Crippen LogP contribution in [0.4, 0.5) is 5.69 Å². The number of anilines is 1. The first-order valence-corrected chi connectivity index (χ1v) is 10.3. The van der Waals surface area contributed by atoms with Crippen LogP contribution in [0.25, 0.3) is 0 Å². The van der Waals surface area contributed by atoms with Gasteiger partial charge in [0.15, 0.2) is 0 Å². The second-order valence-electron chi connectivity index (χ2n) is 5.74. The number of carbonyl (C=O) groups excluding carboxylic acids is 1. The minimum atomic E-state index is -3.45. The van der Waals surface area contributed by atoms with Crippen LogP contribution in [0.5, 0.6) is 0 Å². The average Bonchev–Trinajstić information content (AvgIpc) is 2.60. The molecule has 134 valence electrons. The van der Waals surface area contributed by atoms with Gasteiger partial charge >= 0.3 is 0 Å². The van der Waals surface area contributed by atoms with Crippen LogP contribution in [0.15, 0.2) is 59.5 Å². The van der Waals surface area contributed by atoms with E-state index in [-0.39, 0.29) is 16.1 Å². The van der Waals surface area contributed by atoms with Crippen molar-refractivity contribution in [2.45, 2.75) is 22.8 Å². The lowest BCUT2D eigenvalue weighted by Crippen LogP contribution is -2.23. The highest BCUT2D eigenvalue weighted by Gasteiger charge is 2.18. The Labute approximate surface area is 153 Å². The van der Waals surface area contributed by atoms with Gasteiger partial charge in [0.25, 0.3) is 0 Å². The molecule has 0 unspecified atom stereocenters. The Kier molecular flexibility index (Phi) is 6.64. The summed E-state index contributed by atoms with van der Waals surface area (Å²) in [7, 11) is -0.437. The first kappa shape index (κ1) is 19.5. The van der Waals surface area contributed by atoms with Crippen LogP contribution in [0.2, 0.25) is 0 Å². The SMILES string of the molecule is C[C@H](SCc1cccc(S(=O)(=O)N(C)C)c1)C(=O)Nc1ccccc1. The summed E-state index contributed by atoms with van der Waals surface area (Å²) in [6.07, 6.45) is 0. The van der Waals surface area contributed by atoms with Crippen molar-refractivity contribution in [3.8, 4) is 0 Å². The van der Waals surface area contributed by atoms with E-state index >= 15 is 0 Å². The second kappa shape index (κ2) is 8.51. The Morgan fingerprint density at radius 3 is 2.44 bits per heavy atom. The maximum atomic E-state index is 12.2. The number of para-hydroxylation sites is 1. The fourth-order valence-corrected chi connectivity index (χ4v) is 3.87. The number of rotatable bonds is 7. The van der Waals surface area contributed by atoms with E-state index in [0.29, 0.717) is 5.75 Å². The van der Waals surface area contributed by atoms with Gasteiger partial charge in [0.1, 0.15) is 0 Å². The highest BCUT2D eigenvalue weighted by Crippen LogP contribution is 2.22. The first-order valence-electron chi connectivity index (χ1n) is 7.79. The van der Waals surface area contributed by atoms with E-state index in [4.69, 9.17) is 0 Å². The van der Waals surface area contributed by atoms with Gasteiger partial charge < -0.3 is 5.32 Å². The summed E-state index contributed by atoms with van der Waals surface area (Å²) < 4.78 is 25.6. The van der Waals surface area contributed by atoms with Crippen molar-refractivity contribution >= 4 is 33.4 Å². The van der Waals surface area contributed by atoms with Crippen molar-refractivity contribution in [1.29, 1.82) is 0 Å². The fourth-order valence-electron chi connectivity index (χ4n) is 2.07. The molecular formula is C18H22N2O3S2. The lowest BCUT2D eigenvalue weighted by molar-refractivity contribution is -0.115.